The Morgan fingerprint density at radius 1 is 1.09 bits per heavy atom. The van der Waals surface area contributed by atoms with E-state index in [1.807, 2.05) is 18.2 Å². The van der Waals surface area contributed by atoms with Crippen LogP contribution in [0.2, 0.25) is 0 Å². The monoisotopic (exact) mass is 459 g/mol. The van der Waals surface area contributed by atoms with Gasteiger partial charge in [-0.15, -0.1) is 0 Å². The topological polar surface area (TPSA) is 80.3 Å². The first kappa shape index (κ1) is 23.8. The van der Waals surface area contributed by atoms with Crippen molar-refractivity contribution in [2.75, 3.05) is 40.5 Å². The summed E-state index contributed by atoms with van der Waals surface area (Å²) in [5, 5.41) is 3.14. The van der Waals surface area contributed by atoms with Crippen LogP contribution >= 0.6 is 0 Å². The normalized spacial score (nSPS) is 26.6. The van der Waals surface area contributed by atoms with Gasteiger partial charge in [-0.25, -0.2) is 4.79 Å². The number of hydrogen-bond acceptors (Lipinski definition) is 6. The highest BCUT2D eigenvalue weighted by atomic mass is 16.5. The molecule has 1 N–H and O–H groups in total. The first-order valence-corrected chi connectivity index (χ1v) is 12.2. The lowest BCUT2D eigenvalue weighted by Gasteiger charge is -2.41. The maximum Gasteiger partial charge on any atom is 0.325 e. The van der Waals surface area contributed by atoms with E-state index in [4.69, 9.17) is 14.2 Å². The number of imide groups is 1. The molecule has 8 heteroatoms. The van der Waals surface area contributed by atoms with Gasteiger partial charge < -0.3 is 19.5 Å². The van der Waals surface area contributed by atoms with Gasteiger partial charge in [0.15, 0.2) is 0 Å². The number of amides is 3. The van der Waals surface area contributed by atoms with E-state index in [2.05, 4.69) is 17.1 Å². The summed E-state index contributed by atoms with van der Waals surface area (Å²) >= 11 is 0. The van der Waals surface area contributed by atoms with Crippen molar-refractivity contribution in [3.8, 4) is 11.5 Å². The molecule has 0 bridgehead atoms. The second kappa shape index (κ2) is 10.3. The molecule has 0 aliphatic carbocycles. The molecule has 182 valence electrons. The lowest BCUT2D eigenvalue weighted by molar-refractivity contribution is -0.135. The molecule has 4 rings (SSSR count). The molecule has 3 fully saturated rings. The predicted molar refractivity (Wildman–Crippen MR) is 124 cm³/mol. The Labute approximate surface area is 196 Å². The van der Waals surface area contributed by atoms with E-state index < -0.39 is 5.54 Å². The molecule has 3 amide bonds. The van der Waals surface area contributed by atoms with Crippen LogP contribution in [0.25, 0.3) is 0 Å². The van der Waals surface area contributed by atoms with E-state index in [-0.39, 0.29) is 24.0 Å². The molecule has 3 heterocycles. The maximum atomic E-state index is 13.6. The van der Waals surface area contributed by atoms with Crippen molar-refractivity contribution in [3.05, 3.63) is 23.8 Å². The van der Waals surface area contributed by atoms with E-state index in [9.17, 15) is 9.59 Å². The Hall–Kier alpha value is -2.32. The zero-order chi connectivity index (χ0) is 23.4. The molecule has 3 aliphatic heterocycles. The fraction of sp³-hybridized carbons (Fsp3) is 0.680. The fourth-order valence-corrected chi connectivity index (χ4v) is 5.65. The van der Waals surface area contributed by atoms with E-state index in [1.165, 1.54) is 4.90 Å². The van der Waals surface area contributed by atoms with Crippen molar-refractivity contribution >= 4 is 11.9 Å². The fourth-order valence-electron chi connectivity index (χ4n) is 5.65. The zero-order valence-corrected chi connectivity index (χ0v) is 20.1. The van der Waals surface area contributed by atoms with Crippen LogP contribution in [0.3, 0.4) is 0 Å². The molecule has 3 saturated heterocycles. The minimum Gasteiger partial charge on any atom is -0.497 e. The third-order valence-electron chi connectivity index (χ3n) is 7.36. The largest absolute Gasteiger partial charge is 0.497 e. The van der Waals surface area contributed by atoms with Crippen LogP contribution in [0, 0.1) is 5.92 Å². The Bertz CT molecular complexity index is 826. The summed E-state index contributed by atoms with van der Waals surface area (Å²) in [7, 11) is 3.32. The number of rotatable bonds is 9. The van der Waals surface area contributed by atoms with Crippen molar-refractivity contribution in [1.29, 1.82) is 0 Å². The molecular weight excluding hydrogens is 422 g/mol. The number of nitrogens with zero attached hydrogens (tertiary/aromatic N) is 2. The predicted octanol–water partition coefficient (Wildman–Crippen LogP) is 3.19. The van der Waals surface area contributed by atoms with Crippen LogP contribution in [-0.4, -0.2) is 73.8 Å². The van der Waals surface area contributed by atoms with Gasteiger partial charge in [0.05, 0.1) is 26.9 Å². The number of carbonyl (C=O) groups is 2. The molecule has 1 aromatic carbocycles. The van der Waals surface area contributed by atoms with Gasteiger partial charge in [-0.3, -0.25) is 14.6 Å². The van der Waals surface area contributed by atoms with Gasteiger partial charge in [-0.2, -0.15) is 0 Å². The summed E-state index contributed by atoms with van der Waals surface area (Å²) in [5.74, 6) is 1.65. The number of benzene rings is 1. The number of ether oxygens (including phenoxy) is 3. The highest BCUT2D eigenvalue weighted by Gasteiger charge is 2.55. The standard InChI is InChI=1S/C25H37N3O5/c1-4-9-25(23(29)28(24(30)26-25)17-20-6-5-12-33-20)19-7-10-27(11-8-19)16-18-13-21(31-2)15-22(14-18)32-3/h13-15,19-20H,4-12,16-17H2,1-3H3,(H,26,30)/t20-,25-/m1/s1. The molecule has 33 heavy (non-hydrogen) atoms. The Balaban J connectivity index is 1.41. The van der Waals surface area contributed by atoms with Gasteiger partial charge in [0.2, 0.25) is 0 Å². The number of piperidine rings is 1. The van der Waals surface area contributed by atoms with Crippen LogP contribution in [0.15, 0.2) is 18.2 Å². The lowest BCUT2D eigenvalue weighted by atomic mass is 9.74. The van der Waals surface area contributed by atoms with Gasteiger partial charge in [0.1, 0.15) is 17.0 Å². The van der Waals surface area contributed by atoms with Gasteiger partial charge in [0, 0.05) is 19.2 Å². The summed E-state index contributed by atoms with van der Waals surface area (Å²) in [6.45, 7) is 5.72. The van der Waals surface area contributed by atoms with Crippen LogP contribution in [0.1, 0.15) is 51.0 Å². The minimum atomic E-state index is -0.782. The van der Waals surface area contributed by atoms with Crippen LogP contribution in [-0.2, 0) is 16.1 Å². The summed E-state index contributed by atoms with van der Waals surface area (Å²) in [6, 6.07) is 5.70. The van der Waals surface area contributed by atoms with Crippen molar-refractivity contribution in [2.24, 2.45) is 5.92 Å². The van der Waals surface area contributed by atoms with Gasteiger partial charge in [-0.05, 0) is 68.8 Å². The van der Waals surface area contributed by atoms with Crippen LogP contribution in [0.4, 0.5) is 4.79 Å². The Morgan fingerprint density at radius 3 is 2.36 bits per heavy atom. The number of carbonyl (C=O) groups excluding carboxylic acids is 2. The van der Waals surface area contributed by atoms with Crippen molar-refractivity contribution in [2.45, 2.75) is 63.6 Å². The highest BCUT2D eigenvalue weighted by molar-refractivity contribution is 6.07. The van der Waals surface area contributed by atoms with Gasteiger partial charge in [-0.1, -0.05) is 13.3 Å². The molecule has 0 unspecified atom stereocenters. The zero-order valence-electron chi connectivity index (χ0n) is 20.1. The summed E-state index contributed by atoms with van der Waals surface area (Å²) < 4.78 is 16.5. The highest BCUT2D eigenvalue weighted by Crippen LogP contribution is 2.38. The molecule has 0 spiro atoms. The van der Waals surface area contributed by atoms with Crippen molar-refractivity contribution < 1.29 is 23.8 Å². The van der Waals surface area contributed by atoms with E-state index in [0.29, 0.717) is 19.6 Å². The third-order valence-corrected chi connectivity index (χ3v) is 7.36. The first-order valence-electron chi connectivity index (χ1n) is 12.2. The van der Waals surface area contributed by atoms with E-state index in [0.717, 1.165) is 68.8 Å². The molecule has 8 nitrogen and oxygen atoms in total. The molecule has 0 radical (unpaired) electrons. The van der Waals surface area contributed by atoms with Crippen molar-refractivity contribution in [1.82, 2.24) is 15.1 Å². The van der Waals surface area contributed by atoms with Crippen LogP contribution in [0.5, 0.6) is 11.5 Å². The summed E-state index contributed by atoms with van der Waals surface area (Å²) in [5.41, 5.74) is 0.358. The second-order valence-corrected chi connectivity index (χ2v) is 9.47. The summed E-state index contributed by atoms with van der Waals surface area (Å²) in [6.07, 6.45) is 5.15. The lowest BCUT2D eigenvalue weighted by Crippen LogP contribution is -2.56. The Morgan fingerprint density at radius 2 is 1.79 bits per heavy atom. The summed E-state index contributed by atoms with van der Waals surface area (Å²) in [4.78, 5) is 30.2. The number of nitrogens with one attached hydrogen (secondary N) is 1. The molecule has 3 aliphatic rings. The first-order chi connectivity index (χ1) is 16.0. The van der Waals surface area contributed by atoms with Gasteiger partial charge >= 0.3 is 6.03 Å². The SMILES string of the molecule is CCC[C@]1(C2CCN(Cc3cc(OC)cc(OC)c3)CC2)NC(=O)N(C[C@H]2CCCO2)C1=O. The third kappa shape index (κ3) is 4.96. The number of methoxy groups -OCH3 is 2. The molecule has 0 aromatic heterocycles. The average Bonchev–Trinajstić information content (AvgIpc) is 3.42. The second-order valence-electron chi connectivity index (χ2n) is 9.47. The number of likely N-dealkylation sites (tertiary alicyclic amines) is 1. The smallest absolute Gasteiger partial charge is 0.325 e. The minimum absolute atomic E-state index is 0.0289. The average molecular weight is 460 g/mol. The van der Waals surface area contributed by atoms with Crippen molar-refractivity contribution in [3.63, 3.8) is 0 Å². The molecule has 1 aromatic rings. The Kier molecular flexibility index (Phi) is 7.44. The van der Waals surface area contributed by atoms with E-state index in [1.54, 1.807) is 14.2 Å². The molecular formula is C25H37N3O5. The maximum absolute atomic E-state index is 13.6. The number of hydrogen-bond donors (Lipinski definition) is 1. The molecule has 2 atom stereocenters. The number of urea groups is 1. The van der Waals surface area contributed by atoms with Gasteiger partial charge in [0.25, 0.3) is 5.91 Å². The van der Waals surface area contributed by atoms with E-state index >= 15 is 0 Å². The quantitative estimate of drug-likeness (QED) is 0.572. The van der Waals surface area contributed by atoms with Crippen LogP contribution < -0.4 is 14.8 Å². The molecule has 0 saturated carbocycles.